The smallest absolute Gasteiger partial charge is 0.203 e. The van der Waals surface area contributed by atoms with Crippen molar-refractivity contribution in [1.82, 2.24) is 0 Å². The minimum Gasteiger partial charge on any atom is -0.493 e. The molecule has 0 saturated heterocycles. The maximum absolute atomic E-state index is 12.1. The molecular weight excluding hydrogens is 246 g/mol. The molecule has 0 radical (unpaired) electrons. The summed E-state index contributed by atoms with van der Waals surface area (Å²) in [6, 6.07) is 3.32. The van der Waals surface area contributed by atoms with Gasteiger partial charge in [0.25, 0.3) is 0 Å². The van der Waals surface area contributed by atoms with Crippen LogP contribution in [-0.2, 0) is 0 Å². The Morgan fingerprint density at radius 2 is 1.68 bits per heavy atom. The van der Waals surface area contributed by atoms with Crippen LogP contribution in [0.15, 0.2) is 12.1 Å². The van der Waals surface area contributed by atoms with E-state index in [9.17, 15) is 4.79 Å². The van der Waals surface area contributed by atoms with E-state index in [1.807, 2.05) is 6.92 Å². The van der Waals surface area contributed by atoms with E-state index in [1.54, 1.807) is 12.1 Å². The monoisotopic (exact) mass is 267 g/mol. The fourth-order valence-electron chi connectivity index (χ4n) is 1.75. The fraction of sp³-hybridized carbons (Fsp3) is 0.500. The zero-order chi connectivity index (χ0) is 14.4. The van der Waals surface area contributed by atoms with Gasteiger partial charge in [-0.15, -0.1) is 0 Å². The van der Waals surface area contributed by atoms with Crippen molar-refractivity contribution in [3.05, 3.63) is 17.7 Å². The molecule has 5 heteroatoms. The molecule has 2 N–H and O–H groups in total. The number of benzene rings is 1. The van der Waals surface area contributed by atoms with Gasteiger partial charge in [0, 0.05) is 18.0 Å². The summed E-state index contributed by atoms with van der Waals surface area (Å²) >= 11 is 0. The Labute approximate surface area is 113 Å². The lowest BCUT2D eigenvalue weighted by Gasteiger charge is -2.14. The van der Waals surface area contributed by atoms with E-state index in [2.05, 4.69) is 0 Å². The van der Waals surface area contributed by atoms with Crippen molar-refractivity contribution in [2.75, 3.05) is 21.3 Å². The van der Waals surface area contributed by atoms with Gasteiger partial charge in [0.05, 0.1) is 21.3 Å². The second-order valence-corrected chi connectivity index (χ2v) is 4.35. The predicted octanol–water partition coefficient (Wildman–Crippen LogP) is 2.02. The van der Waals surface area contributed by atoms with Crippen molar-refractivity contribution in [3.8, 4) is 17.2 Å². The highest BCUT2D eigenvalue weighted by Gasteiger charge is 2.16. The molecule has 5 nitrogen and oxygen atoms in total. The first-order valence-corrected chi connectivity index (χ1v) is 6.12. The first-order chi connectivity index (χ1) is 9.03. The summed E-state index contributed by atoms with van der Waals surface area (Å²) in [5.41, 5.74) is 6.19. The molecule has 0 amide bonds. The van der Waals surface area contributed by atoms with Crippen LogP contribution in [-0.4, -0.2) is 33.2 Å². The Morgan fingerprint density at radius 3 is 2.05 bits per heavy atom. The molecule has 19 heavy (non-hydrogen) atoms. The molecule has 0 spiro atoms. The van der Waals surface area contributed by atoms with Gasteiger partial charge in [0.15, 0.2) is 17.3 Å². The highest BCUT2D eigenvalue weighted by molar-refractivity contribution is 5.97. The number of carbonyl (C=O) groups is 1. The Bertz CT molecular complexity index is 418. The van der Waals surface area contributed by atoms with Crippen molar-refractivity contribution in [1.29, 1.82) is 0 Å². The second kappa shape index (κ2) is 6.99. The van der Waals surface area contributed by atoms with Gasteiger partial charge in [0.2, 0.25) is 5.75 Å². The van der Waals surface area contributed by atoms with Gasteiger partial charge in [-0.05, 0) is 25.5 Å². The van der Waals surface area contributed by atoms with Gasteiger partial charge in [-0.3, -0.25) is 4.79 Å². The summed E-state index contributed by atoms with van der Waals surface area (Å²) in [7, 11) is 4.57. The summed E-state index contributed by atoms with van der Waals surface area (Å²) in [4.78, 5) is 12.1. The van der Waals surface area contributed by atoms with Crippen LogP contribution in [0.25, 0.3) is 0 Å². The minimum atomic E-state index is 0.00555. The number of ether oxygens (including phenoxy) is 3. The standard InChI is InChI=1S/C14H21NO4/c1-9(15)5-6-11(16)10-7-12(17-2)14(19-4)13(8-10)18-3/h7-9H,5-6,15H2,1-4H3. The van der Waals surface area contributed by atoms with Crippen molar-refractivity contribution < 1.29 is 19.0 Å². The second-order valence-electron chi connectivity index (χ2n) is 4.35. The summed E-state index contributed by atoms with van der Waals surface area (Å²) in [6.45, 7) is 1.88. The van der Waals surface area contributed by atoms with Gasteiger partial charge in [0.1, 0.15) is 0 Å². The van der Waals surface area contributed by atoms with Crippen LogP contribution in [0.4, 0.5) is 0 Å². The molecule has 1 aromatic carbocycles. The van der Waals surface area contributed by atoms with Crippen LogP contribution < -0.4 is 19.9 Å². The van der Waals surface area contributed by atoms with Gasteiger partial charge >= 0.3 is 0 Å². The largest absolute Gasteiger partial charge is 0.493 e. The van der Waals surface area contributed by atoms with Gasteiger partial charge in [-0.2, -0.15) is 0 Å². The topological polar surface area (TPSA) is 70.8 Å². The molecule has 0 aliphatic heterocycles. The quantitative estimate of drug-likeness (QED) is 0.765. The third-order valence-corrected chi connectivity index (χ3v) is 2.81. The molecule has 0 fully saturated rings. The third kappa shape index (κ3) is 3.86. The maximum Gasteiger partial charge on any atom is 0.203 e. The Kier molecular flexibility index (Phi) is 5.63. The number of hydrogen-bond acceptors (Lipinski definition) is 5. The van der Waals surface area contributed by atoms with Crippen LogP contribution in [0.5, 0.6) is 17.2 Å². The molecule has 1 rings (SSSR count). The van der Waals surface area contributed by atoms with Crippen molar-refractivity contribution in [2.45, 2.75) is 25.8 Å². The Morgan fingerprint density at radius 1 is 1.16 bits per heavy atom. The van der Waals surface area contributed by atoms with Gasteiger partial charge in [-0.1, -0.05) is 0 Å². The normalized spacial score (nSPS) is 11.8. The van der Waals surface area contributed by atoms with Crippen LogP contribution in [0.3, 0.4) is 0 Å². The molecular formula is C14H21NO4. The number of hydrogen-bond donors (Lipinski definition) is 1. The van der Waals surface area contributed by atoms with E-state index in [0.717, 1.165) is 0 Å². The first-order valence-electron chi connectivity index (χ1n) is 6.12. The molecule has 106 valence electrons. The average molecular weight is 267 g/mol. The molecule has 1 atom stereocenters. The number of methoxy groups -OCH3 is 3. The maximum atomic E-state index is 12.1. The Hall–Kier alpha value is -1.75. The summed E-state index contributed by atoms with van der Waals surface area (Å²) in [5, 5.41) is 0. The molecule has 0 bridgehead atoms. The highest BCUT2D eigenvalue weighted by Crippen LogP contribution is 2.38. The average Bonchev–Trinajstić information content (AvgIpc) is 2.42. The van der Waals surface area contributed by atoms with Crippen LogP contribution in [0.1, 0.15) is 30.1 Å². The van der Waals surface area contributed by atoms with Crippen molar-refractivity contribution in [2.24, 2.45) is 5.73 Å². The first kappa shape index (κ1) is 15.3. The Balaban J connectivity index is 3.05. The number of carbonyl (C=O) groups excluding carboxylic acids is 1. The predicted molar refractivity (Wildman–Crippen MR) is 73.3 cm³/mol. The van der Waals surface area contributed by atoms with Crippen LogP contribution >= 0.6 is 0 Å². The zero-order valence-corrected chi connectivity index (χ0v) is 11.9. The molecule has 0 aliphatic rings. The van der Waals surface area contributed by atoms with Crippen molar-refractivity contribution in [3.63, 3.8) is 0 Å². The lowest BCUT2D eigenvalue weighted by Crippen LogP contribution is -2.16. The number of rotatable bonds is 7. The molecule has 0 aliphatic carbocycles. The number of ketones is 1. The van der Waals surface area contributed by atoms with E-state index in [4.69, 9.17) is 19.9 Å². The summed E-state index contributed by atoms with van der Waals surface area (Å²) in [6.07, 6.45) is 1.05. The number of nitrogens with two attached hydrogens (primary N) is 1. The lowest BCUT2D eigenvalue weighted by molar-refractivity contribution is 0.0977. The fourth-order valence-corrected chi connectivity index (χ4v) is 1.75. The van der Waals surface area contributed by atoms with Gasteiger partial charge < -0.3 is 19.9 Å². The minimum absolute atomic E-state index is 0.00555. The van der Waals surface area contributed by atoms with E-state index in [0.29, 0.717) is 35.7 Å². The zero-order valence-electron chi connectivity index (χ0n) is 11.9. The van der Waals surface area contributed by atoms with Crippen LogP contribution in [0, 0.1) is 0 Å². The molecule has 0 aromatic heterocycles. The van der Waals surface area contributed by atoms with E-state index < -0.39 is 0 Å². The summed E-state index contributed by atoms with van der Waals surface area (Å²) < 4.78 is 15.6. The number of Topliss-reactive ketones (excluding diaryl/α,β-unsaturated/α-hetero) is 1. The van der Waals surface area contributed by atoms with E-state index in [-0.39, 0.29) is 11.8 Å². The SMILES string of the molecule is COc1cc(C(=O)CCC(C)N)cc(OC)c1OC. The van der Waals surface area contributed by atoms with E-state index >= 15 is 0 Å². The highest BCUT2D eigenvalue weighted by atomic mass is 16.5. The summed E-state index contributed by atoms with van der Waals surface area (Å²) in [5.74, 6) is 1.45. The molecule has 1 unspecified atom stereocenters. The van der Waals surface area contributed by atoms with Crippen LogP contribution in [0.2, 0.25) is 0 Å². The lowest BCUT2D eigenvalue weighted by atomic mass is 10.0. The molecule has 0 heterocycles. The van der Waals surface area contributed by atoms with E-state index in [1.165, 1.54) is 21.3 Å². The van der Waals surface area contributed by atoms with Gasteiger partial charge in [-0.25, -0.2) is 0 Å². The molecule has 1 aromatic rings. The van der Waals surface area contributed by atoms with Crippen molar-refractivity contribution >= 4 is 5.78 Å². The molecule has 0 saturated carbocycles. The third-order valence-electron chi connectivity index (χ3n) is 2.81.